The van der Waals surface area contributed by atoms with Crippen LogP contribution in [0, 0.1) is 0 Å². The number of nitrogens with one attached hydrogen (secondary N) is 1. The quantitative estimate of drug-likeness (QED) is 0.687. The topological polar surface area (TPSA) is 44.7 Å². The van der Waals surface area contributed by atoms with E-state index < -0.39 is 0 Å². The Bertz CT molecular complexity index is 212. The molecular weight excluding hydrogens is 228 g/mol. The fraction of sp³-hybridized carbons (Fsp3) is 1.00. The van der Waals surface area contributed by atoms with Crippen LogP contribution in [0.25, 0.3) is 0 Å². The summed E-state index contributed by atoms with van der Waals surface area (Å²) < 4.78 is 5.28. The van der Waals surface area contributed by atoms with E-state index in [9.17, 15) is 5.11 Å². The number of hydrogen-bond acceptors (Lipinski definition) is 4. The third-order valence-electron chi connectivity index (χ3n) is 3.47. The van der Waals surface area contributed by atoms with Crippen LogP contribution in [0.15, 0.2) is 0 Å². The normalized spacial score (nSPS) is 23.5. The van der Waals surface area contributed by atoms with Crippen molar-refractivity contribution in [2.45, 2.75) is 58.2 Å². The second-order valence-corrected chi connectivity index (χ2v) is 5.52. The van der Waals surface area contributed by atoms with Crippen LogP contribution in [-0.4, -0.2) is 61.0 Å². The summed E-state index contributed by atoms with van der Waals surface area (Å²) >= 11 is 0. The molecule has 0 amide bonds. The molecule has 108 valence electrons. The molecule has 0 aromatic heterocycles. The number of aliphatic hydroxyl groups excluding tert-OH is 1. The first-order valence-electron chi connectivity index (χ1n) is 7.36. The Balaban J connectivity index is 2.33. The largest absolute Gasteiger partial charge is 0.389 e. The molecule has 4 heteroatoms. The lowest BCUT2D eigenvalue weighted by atomic mass is 10.0. The lowest BCUT2D eigenvalue weighted by Gasteiger charge is -2.37. The second kappa shape index (κ2) is 8.86. The maximum Gasteiger partial charge on any atom is 0.0900 e. The van der Waals surface area contributed by atoms with Crippen LogP contribution in [-0.2, 0) is 4.74 Å². The standard InChI is InChI=1S/C14H30N2O2/c1-4-18-11-14(17)10-16-8-6-5-7-13(16)9-15-12(2)3/h12-15,17H,4-11H2,1-3H3. The Morgan fingerprint density at radius 3 is 2.83 bits per heavy atom. The van der Waals surface area contributed by atoms with Crippen molar-refractivity contribution >= 4 is 0 Å². The van der Waals surface area contributed by atoms with Crippen LogP contribution in [0.2, 0.25) is 0 Å². The molecule has 18 heavy (non-hydrogen) atoms. The molecule has 1 saturated heterocycles. The highest BCUT2D eigenvalue weighted by Gasteiger charge is 2.24. The highest BCUT2D eigenvalue weighted by Crippen LogP contribution is 2.17. The number of likely N-dealkylation sites (tertiary alicyclic amines) is 1. The minimum absolute atomic E-state index is 0.357. The number of piperidine rings is 1. The third kappa shape index (κ3) is 6.14. The van der Waals surface area contributed by atoms with E-state index in [0.717, 1.165) is 19.6 Å². The lowest BCUT2D eigenvalue weighted by molar-refractivity contribution is 0.00548. The minimum Gasteiger partial charge on any atom is -0.389 e. The van der Waals surface area contributed by atoms with Gasteiger partial charge in [-0.3, -0.25) is 4.90 Å². The Labute approximate surface area is 112 Å². The summed E-state index contributed by atoms with van der Waals surface area (Å²) in [4.78, 5) is 2.42. The molecule has 2 atom stereocenters. The molecule has 0 aliphatic carbocycles. The third-order valence-corrected chi connectivity index (χ3v) is 3.47. The zero-order valence-corrected chi connectivity index (χ0v) is 12.2. The first-order valence-corrected chi connectivity index (χ1v) is 7.36. The molecule has 1 heterocycles. The number of β-amino-alcohol motifs (C(OH)–C–C–N with tert-alkyl or cyclic N) is 1. The summed E-state index contributed by atoms with van der Waals surface area (Å²) in [6.07, 6.45) is 3.44. The maximum absolute atomic E-state index is 9.94. The van der Waals surface area contributed by atoms with Crippen LogP contribution in [0.5, 0.6) is 0 Å². The number of nitrogens with zero attached hydrogens (tertiary/aromatic N) is 1. The van der Waals surface area contributed by atoms with Crippen molar-refractivity contribution in [1.82, 2.24) is 10.2 Å². The van der Waals surface area contributed by atoms with E-state index in [4.69, 9.17) is 4.74 Å². The van der Waals surface area contributed by atoms with Crippen molar-refractivity contribution in [1.29, 1.82) is 0 Å². The van der Waals surface area contributed by atoms with Gasteiger partial charge in [-0.05, 0) is 26.3 Å². The van der Waals surface area contributed by atoms with Gasteiger partial charge in [-0.15, -0.1) is 0 Å². The van der Waals surface area contributed by atoms with Gasteiger partial charge < -0.3 is 15.2 Å². The predicted octanol–water partition coefficient (Wildman–Crippen LogP) is 1.24. The number of aliphatic hydroxyl groups is 1. The van der Waals surface area contributed by atoms with Crippen molar-refractivity contribution in [3.05, 3.63) is 0 Å². The molecule has 0 bridgehead atoms. The monoisotopic (exact) mass is 258 g/mol. The van der Waals surface area contributed by atoms with Crippen LogP contribution in [0.3, 0.4) is 0 Å². The molecule has 2 unspecified atom stereocenters. The predicted molar refractivity (Wildman–Crippen MR) is 74.9 cm³/mol. The van der Waals surface area contributed by atoms with Crippen LogP contribution >= 0.6 is 0 Å². The number of ether oxygens (including phenoxy) is 1. The molecule has 2 N–H and O–H groups in total. The molecule has 0 aromatic carbocycles. The van der Waals surface area contributed by atoms with Gasteiger partial charge in [0.1, 0.15) is 0 Å². The Morgan fingerprint density at radius 1 is 1.39 bits per heavy atom. The zero-order chi connectivity index (χ0) is 13.4. The smallest absolute Gasteiger partial charge is 0.0900 e. The van der Waals surface area contributed by atoms with Crippen molar-refractivity contribution in [2.24, 2.45) is 0 Å². The van der Waals surface area contributed by atoms with Gasteiger partial charge in [-0.1, -0.05) is 20.3 Å². The van der Waals surface area contributed by atoms with Crippen molar-refractivity contribution < 1.29 is 9.84 Å². The maximum atomic E-state index is 9.94. The fourth-order valence-corrected chi connectivity index (χ4v) is 2.48. The second-order valence-electron chi connectivity index (χ2n) is 5.52. The molecule has 0 aromatic rings. The number of hydrogen-bond donors (Lipinski definition) is 2. The van der Waals surface area contributed by atoms with Crippen molar-refractivity contribution in [3.63, 3.8) is 0 Å². The Kier molecular flexibility index (Phi) is 7.82. The number of rotatable bonds is 8. The van der Waals surface area contributed by atoms with E-state index in [-0.39, 0.29) is 6.10 Å². The average Bonchev–Trinajstić information content (AvgIpc) is 2.35. The van der Waals surface area contributed by atoms with Crippen LogP contribution in [0.4, 0.5) is 0 Å². The van der Waals surface area contributed by atoms with E-state index in [2.05, 4.69) is 24.1 Å². The van der Waals surface area contributed by atoms with E-state index in [1.807, 2.05) is 6.92 Å². The van der Waals surface area contributed by atoms with Gasteiger partial charge in [0.05, 0.1) is 12.7 Å². The zero-order valence-electron chi connectivity index (χ0n) is 12.2. The van der Waals surface area contributed by atoms with E-state index in [1.54, 1.807) is 0 Å². The van der Waals surface area contributed by atoms with Gasteiger partial charge in [0.2, 0.25) is 0 Å². The molecule has 1 rings (SSSR count). The molecule has 0 spiro atoms. The van der Waals surface area contributed by atoms with Crippen molar-refractivity contribution in [3.8, 4) is 0 Å². The summed E-state index contributed by atoms with van der Waals surface area (Å²) in [5.41, 5.74) is 0. The average molecular weight is 258 g/mol. The molecule has 4 nitrogen and oxygen atoms in total. The van der Waals surface area contributed by atoms with Gasteiger partial charge in [-0.2, -0.15) is 0 Å². The van der Waals surface area contributed by atoms with Gasteiger partial charge in [0.25, 0.3) is 0 Å². The van der Waals surface area contributed by atoms with E-state index >= 15 is 0 Å². The van der Waals surface area contributed by atoms with Gasteiger partial charge in [-0.25, -0.2) is 0 Å². The highest BCUT2D eigenvalue weighted by molar-refractivity contribution is 4.81. The first kappa shape index (κ1) is 15.9. The summed E-state index contributed by atoms with van der Waals surface area (Å²) in [5.74, 6) is 0. The molecule has 0 radical (unpaired) electrons. The van der Waals surface area contributed by atoms with Gasteiger partial charge in [0.15, 0.2) is 0 Å². The first-order chi connectivity index (χ1) is 8.63. The van der Waals surface area contributed by atoms with Crippen LogP contribution in [0.1, 0.15) is 40.0 Å². The van der Waals surface area contributed by atoms with E-state index in [1.165, 1.54) is 19.3 Å². The van der Waals surface area contributed by atoms with Crippen LogP contribution < -0.4 is 5.32 Å². The summed E-state index contributed by atoms with van der Waals surface area (Å²) in [6.45, 7) is 10.3. The summed E-state index contributed by atoms with van der Waals surface area (Å²) in [5, 5.41) is 13.4. The molecule has 1 aliphatic heterocycles. The SMILES string of the molecule is CCOCC(O)CN1CCCCC1CNC(C)C. The Morgan fingerprint density at radius 2 is 2.17 bits per heavy atom. The van der Waals surface area contributed by atoms with E-state index in [0.29, 0.717) is 25.3 Å². The molecule has 0 saturated carbocycles. The molecule has 1 aliphatic rings. The highest BCUT2D eigenvalue weighted by atomic mass is 16.5. The fourth-order valence-electron chi connectivity index (χ4n) is 2.48. The van der Waals surface area contributed by atoms with Crippen molar-refractivity contribution in [2.75, 3.05) is 32.8 Å². The molecular formula is C14H30N2O2. The summed E-state index contributed by atoms with van der Waals surface area (Å²) in [6, 6.07) is 1.10. The lowest BCUT2D eigenvalue weighted by Crippen LogP contribution is -2.49. The molecule has 1 fully saturated rings. The minimum atomic E-state index is -0.357. The van der Waals surface area contributed by atoms with Gasteiger partial charge >= 0.3 is 0 Å². The van der Waals surface area contributed by atoms with Gasteiger partial charge in [0, 0.05) is 31.8 Å². The summed E-state index contributed by atoms with van der Waals surface area (Å²) in [7, 11) is 0. The Hall–Kier alpha value is -0.160.